The van der Waals surface area contributed by atoms with Crippen LogP contribution in [0.15, 0.2) is 36.4 Å². The Kier molecular flexibility index (Phi) is 5.55. The number of halogens is 3. The molecule has 0 fully saturated rings. The Morgan fingerprint density at radius 1 is 0.950 bits per heavy atom. The van der Waals surface area contributed by atoms with Gasteiger partial charge in [0.25, 0.3) is 0 Å². The van der Waals surface area contributed by atoms with Crippen LogP contribution in [0.5, 0.6) is 11.5 Å². The van der Waals surface area contributed by atoms with Crippen LogP contribution in [-0.2, 0) is 6.54 Å². The number of benzene rings is 2. The molecule has 106 valence electrons. The number of ether oxygens (including phenoxy) is 1. The third-order valence-electron chi connectivity index (χ3n) is 2.71. The van der Waals surface area contributed by atoms with E-state index < -0.39 is 0 Å². The van der Waals surface area contributed by atoms with Crippen LogP contribution in [0, 0.1) is 0 Å². The second-order valence-corrected chi connectivity index (χ2v) is 5.44. The van der Waals surface area contributed by atoms with E-state index in [9.17, 15) is 0 Å². The first-order chi connectivity index (χ1) is 9.60. The molecule has 2 aromatic rings. The second kappa shape index (κ2) is 7.19. The van der Waals surface area contributed by atoms with Gasteiger partial charge in [-0.3, -0.25) is 0 Å². The fourth-order valence-electron chi connectivity index (χ4n) is 1.65. The maximum Gasteiger partial charge on any atom is 0.147 e. The molecule has 0 heterocycles. The van der Waals surface area contributed by atoms with Crippen molar-refractivity contribution in [2.24, 2.45) is 0 Å². The van der Waals surface area contributed by atoms with Crippen molar-refractivity contribution < 1.29 is 4.74 Å². The lowest BCUT2D eigenvalue weighted by Gasteiger charge is -2.10. The average Bonchev–Trinajstić information content (AvgIpc) is 2.44. The third-order valence-corrected chi connectivity index (χ3v) is 3.72. The van der Waals surface area contributed by atoms with E-state index in [1.807, 2.05) is 24.3 Å². The minimum Gasteiger partial charge on any atom is -0.456 e. The summed E-state index contributed by atoms with van der Waals surface area (Å²) in [7, 11) is 0. The Morgan fingerprint density at radius 2 is 1.60 bits per heavy atom. The smallest absolute Gasteiger partial charge is 0.147 e. The number of rotatable bonds is 5. The average molecular weight is 331 g/mol. The zero-order chi connectivity index (χ0) is 14.5. The SMILES string of the molecule is CCNCc1ccc(Oc2cc(Cl)c(Cl)cc2Cl)cc1. The molecule has 0 saturated heterocycles. The summed E-state index contributed by atoms with van der Waals surface area (Å²) in [5.41, 5.74) is 1.19. The zero-order valence-corrected chi connectivity index (χ0v) is 13.2. The lowest BCUT2D eigenvalue weighted by atomic mass is 10.2. The largest absolute Gasteiger partial charge is 0.456 e. The van der Waals surface area contributed by atoms with Gasteiger partial charge in [0.15, 0.2) is 0 Å². The van der Waals surface area contributed by atoms with Gasteiger partial charge in [-0.1, -0.05) is 53.9 Å². The van der Waals surface area contributed by atoms with Gasteiger partial charge in [-0.05, 0) is 30.3 Å². The van der Waals surface area contributed by atoms with Crippen LogP contribution < -0.4 is 10.1 Å². The van der Waals surface area contributed by atoms with Gasteiger partial charge in [0.05, 0.1) is 15.1 Å². The van der Waals surface area contributed by atoms with Crippen LogP contribution in [0.4, 0.5) is 0 Å². The molecule has 0 bridgehead atoms. The van der Waals surface area contributed by atoms with Crippen molar-refractivity contribution in [2.45, 2.75) is 13.5 Å². The molecule has 1 N–H and O–H groups in total. The Hall–Kier alpha value is -0.930. The van der Waals surface area contributed by atoms with Crippen molar-refractivity contribution in [2.75, 3.05) is 6.54 Å². The summed E-state index contributed by atoms with van der Waals surface area (Å²) in [6.45, 7) is 3.85. The second-order valence-electron chi connectivity index (χ2n) is 4.22. The Bertz CT molecular complexity index is 584. The summed E-state index contributed by atoms with van der Waals surface area (Å²) in [6, 6.07) is 11.0. The molecule has 2 rings (SSSR count). The van der Waals surface area contributed by atoms with Crippen LogP contribution in [0.2, 0.25) is 15.1 Å². The van der Waals surface area contributed by atoms with Crippen molar-refractivity contribution >= 4 is 34.8 Å². The lowest BCUT2D eigenvalue weighted by Crippen LogP contribution is -2.11. The van der Waals surface area contributed by atoms with Gasteiger partial charge in [-0.15, -0.1) is 0 Å². The molecule has 0 spiro atoms. The fourth-order valence-corrected chi connectivity index (χ4v) is 2.23. The monoisotopic (exact) mass is 329 g/mol. The molecule has 2 aromatic carbocycles. The highest BCUT2D eigenvalue weighted by atomic mass is 35.5. The van der Waals surface area contributed by atoms with Crippen LogP contribution in [0.25, 0.3) is 0 Å². The highest BCUT2D eigenvalue weighted by Crippen LogP contribution is 2.36. The molecular formula is C15H14Cl3NO. The maximum absolute atomic E-state index is 6.07. The molecule has 0 unspecified atom stereocenters. The number of nitrogens with one attached hydrogen (secondary N) is 1. The van der Waals surface area contributed by atoms with E-state index in [0.717, 1.165) is 13.1 Å². The van der Waals surface area contributed by atoms with Gasteiger partial charge in [0, 0.05) is 12.6 Å². The van der Waals surface area contributed by atoms with E-state index in [4.69, 9.17) is 39.5 Å². The molecule has 0 aliphatic carbocycles. The fraction of sp³-hybridized carbons (Fsp3) is 0.200. The molecule has 0 atom stereocenters. The normalized spacial score (nSPS) is 10.6. The Labute approximate surface area is 133 Å². The van der Waals surface area contributed by atoms with Gasteiger partial charge in [0.2, 0.25) is 0 Å². The minimum absolute atomic E-state index is 0.407. The maximum atomic E-state index is 6.07. The minimum atomic E-state index is 0.407. The third kappa shape index (κ3) is 4.03. The van der Waals surface area contributed by atoms with E-state index >= 15 is 0 Å². The van der Waals surface area contributed by atoms with Gasteiger partial charge >= 0.3 is 0 Å². The molecule has 2 nitrogen and oxygen atoms in total. The topological polar surface area (TPSA) is 21.3 Å². The number of hydrogen-bond donors (Lipinski definition) is 1. The van der Waals surface area contributed by atoms with Crippen molar-refractivity contribution in [1.82, 2.24) is 5.32 Å². The summed E-state index contributed by atoms with van der Waals surface area (Å²) in [5, 5.41) is 4.51. The molecule has 0 saturated carbocycles. The van der Waals surface area contributed by atoms with E-state index in [-0.39, 0.29) is 0 Å². The summed E-state index contributed by atoms with van der Waals surface area (Å²) < 4.78 is 5.71. The quantitative estimate of drug-likeness (QED) is 0.726. The van der Waals surface area contributed by atoms with Crippen molar-refractivity contribution in [3.05, 3.63) is 57.0 Å². The molecular weight excluding hydrogens is 317 g/mol. The lowest BCUT2D eigenvalue weighted by molar-refractivity contribution is 0.482. The van der Waals surface area contributed by atoms with Gasteiger partial charge in [-0.25, -0.2) is 0 Å². The predicted molar refractivity (Wildman–Crippen MR) is 85.4 cm³/mol. The van der Waals surface area contributed by atoms with Gasteiger partial charge < -0.3 is 10.1 Å². The molecule has 0 aliphatic rings. The molecule has 20 heavy (non-hydrogen) atoms. The zero-order valence-electron chi connectivity index (χ0n) is 10.9. The highest BCUT2D eigenvalue weighted by Gasteiger charge is 2.08. The van der Waals surface area contributed by atoms with Gasteiger partial charge in [0.1, 0.15) is 11.5 Å². The first-order valence-electron chi connectivity index (χ1n) is 6.22. The van der Waals surface area contributed by atoms with Crippen molar-refractivity contribution in [3.8, 4) is 11.5 Å². The summed E-state index contributed by atoms with van der Waals surface area (Å²) in [4.78, 5) is 0. The van der Waals surface area contributed by atoms with Crippen molar-refractivity contribution in [3.63, 3.8) is 0 Å². The highest BCUT2D eigenvalue weighted by molar-refractivity contribution is 6.43. The Balaban J connectivity index is 2.12. The van der Waals surface area contributed by atoms with Gasteiger partial charge in [-0.2, -0.15) is 0 Å². The van der Waals surface area contributed by atoms with Crippen LogP contribution in [0.1, 0.15) is 12.5 Å². The van der Waals surface area contributed by atoms with E-state index in [2.05, 4.69) is 12.2 Å². The standard InChI is InChI=1S/C15H14Cl3NO/c1-2-19-9-10-3-5-11(6-4-10)20-15-8-13(17)12(16)7-14(15)18/h3-8,19H,2,9H2,1H3. The number of hydrogen-bond acceptors (Lipinski definition) is 2. The Morgan fingerprint density at radius 3 is 2.25 bits per heavy atom. The van der Waals surface area contributed by atoms with E-state index in [0.29, 0.717) is 26.6 Å². The first kappa shape index (κ1) is 15.5. The van der Waals surface area contributed by atoms with Crippen molar-refractivity contribution in [1.29, 1.82) is 0 Å². The summed E-state index contributed by atoms with van der Waals surface area (Å²) >= 11 is 17.9. The van der Waals surface area contributed by atoms with E-state index in [1.54, 1.807) is 12.1 Å². The van der Waals surface area contributed by atoms with Crippen LogP contribution >= 0.6 is 34.8 Å². The predicted octanol–water partition coefficient (Wildman–Crippen LogP) is 5.55. The van der Waals surface area contributed by atoms with Crippen LogP contribution in [-0.4, -0.2) is 6.54 Å². The molecule has 0 amide bonds. The molecule has 5 heteroatoms. The molecule has 0 aliphatic heterocycles. The molecule has 0 radical (unpaired) electrons. The first-order valence-corrected chi connectivity index (χ1v) is 7.35. The van der Waals surface area contributed by atoms with Crippen LogP contribution in [0.3, 0.4) is 0 Å². The summed E-state index contributed by atoms with van der Waals surface area (Å²) in [6.07, 6.45) is 0. The van der Waals surface area contributed by atoms with E-state index in [1.165, 1.54) is 5.56 Å². The molecule has 0 aromatic heterocycles. The summed E-state index contributed by atoms with van der Waals surface area (Å²) in [5.74, 6) is 1.19.